The first-order valence-electron chi connectivity index (χ1n) is 11.4. The minimum absolute atomic E-state index is 0.0957. The number of methoxy groups -OCH3 is 1. The summed E-state index contributed by atoms with van der Waals surface area (Å²) in [5, 5.41) is 3.46. The number of sulfonamides is 1. The van der Waals surface area contributed by atoms with Crippen LogP contribution in [0.4, 0.5) is 5.69 Å². The van der Waals surface area contributed by atoms with Gasteiger partial charge >= 0.3 is 0 Å². The van der Waals surface area contributed by atoms with Crippen LogP contribution in [0.25, 0.3) is 0 Å². The molecule has 0 saturated carbocycles. The van der Waals surface area contributed by atoms with Crippen LogP contribution in [0.5, 0.6) is 5.75 Å². The van der Waals surface area contributed by atoms with Crippen molar-refractivity contribution in [3.05, 3.63) is 88.9 Å². The van der Waals surface area contributed by atoms with Crippen LogP contribution in [0.3, 0.4) is 0 Å². The first kappa shape index (κ1) is 26.6. The summed E-state index contributed by atoms with van der Waals surface area (Å²) in [5.74, 6) is 0.616. The molecule has 1 atom stereocenters. The topological polar surface area (TPSA) is 75.7 Å². The molecule has 0 aliphatic rings. The lowest BCUT2D eigenvalue weighted by molar-refractivity contribution is -0.120. The number of amides is 1. The van der Waals surface area contributed by atoms with Crippen LogP contribution in [-0.2, 0) is 14.8 Å². The number of nitrogens with zero attached hydrogens (tertiary/aromatic N) is 1. The van der Waals surface area contributed by atoms with E-state index in [4.69, 9.17) is 16.3 Å². The smallest absolute Gasteiger partial charge is 0.264 e. The molecule has 0 aliphatic heterocycles. The van der Waals surface area contributed by atoms with Gasteiger partial charge in [0.2, 0.25) is 5.91 Å². The van der Waals surface area contributed by atoms with Gasteiger partial charge < -0.3 is 10.1 Å². The maximum Gasteiger partial charge on any atom is 0.264 e. The Hall–Kier alpha value is -3.03. The molecule has 1 N–H and O–H groups in total. The average molecular weight is 515 g/mol. The summed E-state index contributed by atoms with van der Waals surface area (Å²) in [6, 6.07) is 20.2. The van der Waals surface area contributed by atoms with E-state index in [9.17, 15) is 13.2 Å². The van der Waals surface area contributed by atoms with E-state index in [0.717, 1.165) is 21.2 Å². The number of hydrogen-bond acceptors (Lipinski definition) is 4. The predicted molar refractivity (Wildman–Crippen MR) is 140 cm³/mol. The van der Waals surface area contributed by atoms with Crippen LogP contribution in [0.2, 0.25) is 5.02 Å². The van der Waals surface area contributed by atoms with Gasteiger partial charge in [0.1, 0.15) is 12.3 Å². The maximum absolute atomic E-state index is 13.6. The van der Waals surface area contributed by atoms with Crippen molar-refractivity contribution in [2.24, 2.45) is 5.92 Å². The van der Waals surface area contributed by atoms with E-state index >= 15 is 0 Å². The molecule has 3 aromatic rings. The minimum atomic E-state index is -4.01. The largest absolute Gasteiger partial charge is 0.497 e. The second-order valence-corrected chi connectivity index (χ2v) is 11.1. The Morgan fingerprint density at radius 1 is 1.03 bits per heavy atom. The highest BCUT2D eigenvalue weighted by molar-refractivity contribution is 7.92. The third-order valence-corrected chi connectivity index (χ3v) is 7.82. The highest BCUT2D eigenvalue weighted by atomic mass is 35.5. The van der Waals surface area contributed by atoms with Gasteiger partial charge in [0.15, 0.2) is 0 Å². The van der Waals surface area contributed by atoms with E-state index in [1.165, 1.54) is 12.1 Å². The molecule has 3 rings (SSSR count). The summed E-state index contributed by atoms with van der Waals surface area (Å²) in [6.45, 7) is 5.59. The van der Waals surface area contributed by atoms with Gasteiger partial charge in [-0.3, -0.25) is 9.10 Å². The lowest BCUT2D eigenvalue weighted by Crippen LogP contribution is -2.42. The summed E-state index contributed by atoms with van der Waals surface area (Å²) in [7, 11) is -2.42. The maximum atomic E-state index is 13.6. The monoisotopic (exact) mass is 514 g/mol. The molecule has 0 bridgehead atoms. The molecule has 0 spiro atoms. The van der Waals surface area contributed by atoms with Gasteiger partial charge in [-0.2, -0.15) is 0 Å². The van der Waals surface area contributed by atoms with Gasteiger partial charge in [-0.05, 0) is 66.8 Å². The predicted octanol–water partition coefficient (Wildman–Crippen LogP) is 5.76. The highest BCUT2D eigenvalue weighted by Gasteiger charge is 2.28. The van der Waals surface area contributed by atoms with Crippen molar-refractivity contribution in [1.82, 2.24) is 5.32 Å². The summed E-state index contributed by atoms with van der Waals surface area (Å²) in [5.41, 5.74) is 2.06. The molecule has 35 heavy (non-hydrogen) atoms. The molecule has 1 amide bonds. The Kier molecular flexibility index (Phi) is 8.81. The van der Waals surface area contributed by atoms with Crippen LogP contribution in [0.15, 0.2) is 77.7 Å². The SMILES string of the molecule is COc1ccc(C(CC(C)C)NC(=O)CN(c2ccc(C)c(Cl)c2)S(=O)(=O)c2ccccc2)cc1. The Labute approximate surface area is 212 Å². The Bertz CT molecular complexity index is 1250. The van der Waals surface area contributed by atoms with Crippen LogP contribution < -0.4 is 14.4 Å². The molecule has 1 unspecified atom stereocenters. The molecule has 8 heteroatoms. The van der Waals surface area contributed by atoms with Crippen molar-refractivity contribution >= 4 is 33.2 Å². The van der Waals surface area contributed by atoms with Gasteiger partial charge in [0.05, 0.1) is 23.7 Å². The van der Waals surface area contributed by atoms with Gasteiger partial charge in [-0.1, -0.05) is 61.8 Å². The zero-order chi connectivity index (χ0) is 25.6. The fourth-order valence-corrected chi connectivity index (χ4v) is 5.34. The van der Waals surface area contributed by atoms with Crippen LogP contribution in [0.1, 0.15) is 37.4 Å². The molecular formula is C27H31ClN2O4S. The molecule has 0 heterocycles. The summed E-state index contributed by atoms with van der Waals surface area (Å²) in [4.78, 5) is 13.4. The molecule has 0 saturated heterocycles. The Morgan fingerprint density at radius 2 is 1.69 bits per heavy atom. The number of nitrogens with one attached hydrogen (secondary N) is 1. The van der Waals surface area contributed by atoms with Crippen molar-refractivity contribution in [3.63, 3.8) is 0 Å². The highest BCUT2D eigenvalue weighted by Crippen LogP contribution is 2.29. The molecule has 0 fully saturated rings. The zero-order valence-electron chi connectivity index (χ0n) is 20.4. The number of halogens is 1. The average Bonchev–Trinajstić information content (AvgIpc) is 2.84. The third kappa shape index (κ3) is 6.77. The number of ether oxygens (including phenoxy) is 1. The van der Waals surface area contributed by atoms with Crippen molar-refractivity contribution in [1.29, 1.82) is 0 Å². The first-order chi connectivity index (χ1) is 16.6. The third-order valence-electron chi connectivity index (χ3n) is 5.62. The van der Waals surface area contributed by atoms with Gasteiger partial charge in [-0.15, -0.1) is 0 Å². The van der Waals surface area contributed by atoms with Crippen molar-refractivity contribution in [2.75, 3.05) is 18.0 Å². The van der Waals surface area contributed by atoms with E-state index < -0.39 is 15.9 Å². The van der Waals surface area contributed by atoms with Gasteiger partial charge in [0, 0.05) is 5.02 Å². The molecule has 0 aromatic heterocycles. The fourth-order valence-electron chi connectivity index (χ4n) is 3.73. The van der Waals surface area contributed by atoms with E-state index in [-0.39, 0.29) is 17.5 Å². The standard InChI is InChI=1S/C27H31ClN2O4S/c1-19(2)16-26(21-11-14-23(34-4)15-12-21)29-27(31)18-30(22-13-10-20(3)25(28)17-22)35(32,33)24-8-6-5-7-9-24/h5-15,17,19,26H,16,18H2,1-4H3,(H,29,31). The number of carbonyl (C=O) groups excluding carboxylic acids is 1. The number of aryl methyl sites for hydroxylation is 1. The van der Waals surface area contributed by atoms with E-state index in [0.29, 0.717) is 23.0 Å². The lowest BCUT2D eigenvalue weighted by atomic mass is 9.97. The molecular weight excluding hydrogens is 484 g/mol. The summed E-state index contributed by atoms with van der Waals surface area (Å²) >= 11 is 6.30. The zero-order valence-corrected chi connectivity index (χ0v) is 21.9. The van der Waals surface area contributed by atoms with Crippen LogP contribution in [-0.4, -0.2) is 28.0 Å². The molecule has 6 nitrogen and oxygen atoms in total. The summed E-state index contributed by atoms with van der Waals surface area (Å²) in [6.07, 6.45) is 0.694. The number of rotatable bonds is 10. The minimum Gasteiger partial charge on any atom is -0.497 e. The number of benzene rings is 3. The van der Waals surface area contributed by atoms with E-state index in [1.807, 2.05) is 31.2 Å². The summed E-state index contributed by atoms with van der Waals surface area (Å²) < 4.78 is 33.5. The molecule has 3 aromatic carbocycles. The first-order valence-corrected chi connectivity index (χ1v) is 13.2. The van der Waals surface area contributed by atoms with Crippen molar-refractivity contribution in [3.8, 4) is 5.75 Å². The number of anilines is 1. The van der Waals surface area contributed by atoms with Gasteiger partial charge in [0.25, 0.3) is 10.0 Å². The van der Waals surface area contributed by atoms with E-state index in [2.05, 4.69) is 19.2 Å². The Balaban J connectivity index is 1.93. The lowest BCUT2D eigenvalue weighted by Gasteiger charge is -2.27. The Morgan fingerprint density at radius 3 is 2.26 bits per heavy atom. The molecule has 0 radical (unpaired) electrons. The number of carbonyl (C=O) groups is 1. The normalized spacial score (nSPS) is 12.3. The van der Waals surface area contributed by atoms with Crippen LogP contribution in [0, 0.1) is 12.8 Å². The van der Waals surface area contributed by atoms with Gasteiger partial charge in [-0.25, -0.2) is 8.42 Å². The van der Waals surface area contributed by atoms with Crippen molar-refractivity contribution in [2.45, 2.75) is 38.1 Å². The molecule has 0 aliphatic carbocycles. The second kappa shape index (κ2) is 11.6. The quantitative estimate of drug-likeness (QED) is 0.373. The van der Waals surface area contributed by atoms with E-state index in [1.54, 1.807) is 43.5 Å². The number of hydrogen-bond donors (Lipinski definition) is 1. The van der Waals surface area contributed by atoms with Crippen LogP contribution >= 0.6 is 11.6 Å². The molecule has 186 valence electrons. The van der Waals surface area contributed by atoms with Crippen molar-refractivity contribution < 1.29 is 17.9 Å². The second-order valence-electron chi connectivity index (χ2n) is 8.78. The fraction of sp³-hybridized carbons (Fsp3) is 0.296.